The van der Waals surface area contributed by atoms with E-state index < -0.39 is 63.4 Å². The number of amides is 2. The summed E-state index contributed by atoms with van der Waals surface area (Å²) in [6.45, 7) is 1.59. The Morgan fingerprint density at radius 3 is 1.22 bits per heavy atom. The Balaban J connectivity index is 0.000000167. The molecule has 0 radical (unpaired) electrons. The molecule has 0 aromatic heterocycles. The van der Waals surface area contributed by atoms with E-state index >= 15 is 0 Å². The Morgan fingerprint density at radius 1 is 0.444 bits per heavy atom. The summed E-state index contributed by atoms with van der Waals surface area (Å²) < 4.78 is 97.7. The van der Waals surface area contributed by atoms with E-state index in [1.165, 1.54) is 78.9 Å². The van der Waals surface area contributed by atoms with Crippen molar-refractivity contribution in [2.45, 2.75) is 17.8 Å². The first-order chi connectivity index (χ1) is 25.7. The van der Waals surface area contributed by atoms with Crippen molar-refractivity contribution in [2.75, 3.05) is 10.6 Å². The van der Waals surface area contributed by atoms with E-state index in [-0.39, 0.29) is 50.7 Å². The van der Waals surface area contributed by atoms with E-state index in [0.717, 1.165) is 24.3 Å². The van der Waals surface area contributed by atoms with Crippen LogP contribution >= 0.6 is 0 Å². The lowest BCUT2D eigenvalue weighted by Crippen LogP contribution is -2.37. The van der Waals surface area contributed by atoms with Gasteiger partial charge in [-0.1, -0.05) is 54.6 Å². The first-order valence-corrected chi connectivity index (χ1v) is 16.1. The number of nitrogens with one attached hydrogen (secondary N) is 2. The maximum atomic E-state index is 14.4. The van der Waals surface area contributed by atoms with Crippen LogP contribution in [0.1, 0.15) is 38.9 Å². The van der Waals surface area contributed by atoms with Gasteiger partial charge in [-0.15, -0.1) is 0 Å². The van der Waals surface area contributed by atoms with Gasteiger partial charge in [0.15, 0.2) is 34.9 Å². The third kappa shape index (κ3) is 5.34. The molecule has 2 amide bonds. The average Bonchev–Trinajstić information content (AvgIpc) is 3.63. The molecule has 6 nitrogen and oxygen atoms in total. The number of benzene rings is 6. The Kier molecular flexibility index (Phi) is 8.67. The van der Waals surface area contributed by atoms with Gasteiger partial charge in [0.25, 0.3) is 0 Å². The standard InChI is InChI=1S/C21H14F3NO2.C20H11F4NO2/c1-11-2-3-13(10-17(11)23)21(12-4-6-14(26)7-5-12)15-8-9-16(22)18(24)19(15)25-20(21)27;21-14-7-3-11(9-16(14)23)20(10-1-4-12(26)5-2-10)13-6-8-15(22)17(24)18(13)25-19(20)27/h2-10,26H,1H3,(H,25,27);1-9,26H,(H,25,27). The maximum Gasteiger partial charge on any atom is 0.244 e. The number of aromatic hydroxyl groups is 2. The number of phenols is 2. The summed E-state index contributed by atoms with van der Waals surface area (Å²) in [7, 11) is 0. The summed E-state index contributed by atoms with van der Waals surface area (Å²) in [4.78, 5) is 26.1. The largest absolute Gasteiger partial charge is 0.508 e. The maximum absolute atomic E-state index is 14.4. The van der Waals surface area contributed by atoms with Crippen molar-refractivity contribution >= 4 is 23.2 Å². The minimum absolute atomic E-state index is 0.0205. The van der Waals surface area contributed by atoms with E-state index in [0.29, 0.717) is 11.1 Å². The highest BCUT2D eigenvalue weighted by atomic mass is 19.2. The van der Waals surface area contributed by atoms with Crippen LogP contribution in [0.15, 0.2) is 109 Å². The average molecular weight is 743 g/mol. The lowest BCUT2D eigenvalue weighted by Gasteiger charge is -2.29. The number of aryl methyl sites for hydroxylation is 1. The van der Waals surface area contributed by atoms with Gasteiger partial charge < -0.3 is 20.8 Å². The SMILES string of the molecule is Cc1ccc(C2(c3ccc(O)cc3)C(=O)Nc3c2ccc(F)c3F)cc1F.O=C1Nc2c(ccc(F)c2F)C1(c1ccc(O)cc1)c1ccc(F)c(F)c1. The predicted molar refractivity (Wildman–Crippen MR) is 183 cm³/mol. The lowest BCUT2D eigenvalue weighted by molar-refractivity contribution is -0.119. The molecule has 2 atom stereocenters. The van der Waals surface area contributed by atoms with Crippen LogP contribution in [-0.4, -0.2) is 22.0 Å². The van der Waals surface area contributed by atoms with Gasteiger partial charge in [-0.25, -0.2) is 30.7 Å². The minimum Gasteiger partial charge on any atom is -0.508 e. The number of carbonyl (C=O) groups is 2. The highest BCUT2D eigenvalue weighted by Gasteiger charge is 2.52. The van der Waals surface area contributed by atoms with Gasteiger partial charge in [-0.2, -0.15) is 0 Å². The molecular weight excluding hydrogens is 717 g/mol. The molecule has 2 aliphatic rings. The van der Waals surface area contributed by atoms with Gasteiger partial charge in [-0.3, -0.25) is 9.59 Å². The molecule has 0 spiro atoms. The van der Waals surface area contributed by atoms with Crippen LogP contribution in [-0.2, 0) is 20.4 Å². The van der Waals surface area contributed by atoms with Gasteiger partial charge in [0.2, 0.25) is 11.8 Å². The Labute approximate surface area is 302 Å². The van der Waals surface area contributed by atoms with Crippen LogP contribution in [0.3, 0.4) is 0 Å². The van der Waals surface area contributed by atoms with Crippen molar-refractivity contribution in [2.24, 2.45) is 0 Å². The molecule has 13 heteroatoms. The number of rotatable bonds is 4. The van der Waals surface area contributed by atoms with Crippen molar-refractivity contribution in [3.8, 4) is 11.5 Å². The van der Waals surface area contributed by atoms with Crippen molar-refractivity contribution < 1.29 is 50.5 Å². The molecule has 272 valence electrons. The summed E-state index contributed by atoms with van der Waals surface area (Å²) in [5.41, 5.74) is -2.34. The van der Waals surface area contributed by atoms with E-state index in [4.69, 9.17) is 0 Å². The molecule has 0 bridgehead atoms. The first-order valence-electron chi connectivity index (χ1n) is 16.1. The van der Waals surface area contributed by atoms with E-state index in [1.54, 1.807) is 13.0 Å². The lowest BCUT2D eigenvalue weighted by atomic mass is 9.70. The van der Waals surface area contributed by atoms with Crippen LogP contribution in [0.4, 0.5) is 42.1 Å². The molecule has 8 rings (SSSR count). The molecule has 2 unspecified atom stereocenters. The highest BCUT2D eigenvalue weighted by molar-refractivity contribution is 6.12. The van der Waals surface area contributed by atoms with E-state index in [1.807, 2.05) is 0 Å². The molecule has 0 saturated heterocycles. The topological polar surface area (TPSA) is 98.7 Å². The Morgan fingerprint density at radius 2 is 0.815 bits per heavy atom. The van der Waals surface area contributed by atoms with Gasteiger partial charge >= 0.3 is 0 Å². The van der Waals surface area contributed by atoms with Gasteiger partial charge in [0, 0.05) is 11.1 Å². The van der Waals surface area contributed by atoms with Gasteiger partial charge in [0.1, 0.15) is 28.1 Å². The second-order valence-corrected chi connectivity index (χ2v) is 12.7. The number of phenolic OH excluding ortho intramolecular Hbond substituents is 2. The summed E-state index contributed by atoms with van der Waals surface area (Å²) >= 11 is 0. The zero-order valence-electron chi connectivity index (χ0n) is 27.7. The van der Waals surface area contributed by atoms with Crippen LogP contribution in [0.5, 0.6) is 11.5 Å². The molecule has 2 heterocycles. The van der Waals surface area contributed by atoms with Crippen molar-refractivity contribution in [1.82, 2.24) is 0 Å². The predicted octanol–water partition coefficient (Wildman–Crippen LogP) is 8.64. The number of anilines is 2. The smallest absolute Gasteiger partial charge is 0.244 e. The van der Waals surface area contributed by atoms with Crippen molar-refractivity contribution in [3.05, 3.63) is 189 Å². The Hall–Kier alpha value is -6.63. The van der Waals surface area contributed by atoms with Crippen LogP contribution in [0.25, 0.3) is 0 Å². The Bertz CT molecular complexity index is 2340. The van der Waals surface area contributed by atoms with Crippen LogP contribution < -0.4 is 10.6 Å². The summed E-state index contributed by atoms with van der Waals surface area (Å²) in [5, 5.41) is 23.9. The third-order valence-corrected chi connectivity index (χ3v) is 9.71. The summed E-state index contributed by atoms with van der Waals surface area (Å²) in [6, 6.07) is 22.8. The molecule has 6 aromatic carbocycles. The molecule has 4 N–H and O–H groups in total. The van der Waals surface area contributed by atoms with Gasteiger partial charge in [-0.05, 0) is 89.3 Å². The number of hydrogen-bond donors (Lipinski definition) is 4. The van der Waals surface area contributed by atoms with E-state index in [9.17, 15) is 50.5 Å². The van der Waals surface area contributed by atoms with E-state index in [2.05, 4.69) is 10.6 Å². The number of carbonyl (C=O) groups excluding carboxylic acids is 2. The molecule has 0 aliphatic carbocycles. The zero-order valence-corrected chi connectivity index (χ0v) is 27.7. The first kappa shape index (κ1) is 35.8. The minimum atomic E-state index is -1.74. The van der Waals surface area contributed by atoms with Gasteiger partial charge in [0.05, 0.1) is 11.4 Å². The number of hydrogen-bond acceptors (Lipinski definition) is 4. The quantitative estimate of drug-likeness (QED) is 0.136. The fourth-order valence-corrected chi connectivity index (χ4v) is 7.09. The molecule has 0 fully saturated rings. The molecule has 6 aromatic rings. The molecular formula is C41H25F7N2O4. The number of halogens is 7. The normalized spacial score (nSPS) is 18.3. The second-order valence-electron chi connectivity index (χ2n) is 12.7. The van der Waals surface area contributed by atoms with Crippen molar-refractivity contribution in [1.29, 1.82) is 0 Å². The zero-order chi connectivity index (χ0) is 38.7. The second kappa shape index (κ2) is 13.1. The summed E-state index contributed by atoms with van der Waals surface area (Å²) in [5.74, 6) is -8.96. The third-order valence-electron chi connectivity index (χ3n) is 9.71. The summed E-state index contributed by atoms with van der Waals surface area (Å²) in [6.07, 6.45) is 0. The number of fused-ring (bicyclic) bond motifs is 2. The van der Waals surface area contributed by atoms with Crippen molar-refractivity contribution in [3.63, 3.8) is 0 Å². The fourth-order valence-electron chi connectivity index (χ4n) is 7.09. The fraction of sp³-hybridized carbons (Fsp3) is 0.0732. The molecule has 0 saturated carbocycles. The molecule has 54 heavy (non-hydrogen) atoms. The van der Waals surface area contributed by atoms with Crippen LogP contribution in [0.2, 0.25) is 0 Å². The monoisotopic (exact) mass is 742 g/mol. The van der Waals surface area contributed by atoms with Crippen LogP contribution in [0, 0.1) is 47.6 Å². The highest BCUT2D eigenvalue weighted by Crippen LogP contribution is 2.51. The molecule has 2 aliphatic heterocycles.